The maximum Gasteiger partial charge on any atom is 0.270 e. The van der Waals surface area contributed by atoms with Gasteiger partial charge in [-0.05, 0) is 43.4 Å². The first-order valence-electron chi connectivity index (χ1n) is 9.09. The van der Waals surface area contributed by atoms with E-state index in [9.17, 15) is 20.0 Å². The third-order valence-electron chi connectivity index (χ3n) is 4.88. The molecule has 3 aromatic rings. The molecule has 156 valence electrons. The number of nitro benzene ring substituents is 1. The fourth-order valence-corrected chi connectivity index (χ4v) is 3.66. The van der Waals surface area contributed by atoms with Gasteiger partial charge in [0, 0.05) is 35.0 Å². The number of benzene rings is 2. The van der Waals surface area contributed by atoms with Crippen LogP contribution in [0.25, 0.3) is 17.3 Å². The summed E-state index contributed by atoms with van der Waals surface area (Å²) in [7, 11) is 1.51. The number of rotatable bonds is 4. The van der Waals surface area contributed by atoms with Gasteiger partial charge in [0.05, 0.1) is 23.4 Å². The Bertz CT molecular complexity index is 1420. The number of nitrogens with zero attached hydrogens (tertiary/aromatic N) is 3. The summed E-state index contributed by atoms with van der Waals surface area (Å²) in [5.74, 6) is 0.172. The van der Waals surface area contributed by atoms with E-state index in [0.717, 1.165) is 0 Å². The Balaban J connectivity index is 1.93. The minimum absolute atomic E-state index is 0.00533. The molecule has 0 radical (unpaired) electrons. The molecule has 1 aliphatic heterocycles. The van der Waals surface area contributed by atoms with Crippen LogP contribution in [0.2, 0.25) is 0 Å². The summed E-state index contributed by atoms with van der Waals surface area (Å²) >= 11 is 5.25. The molecule has 0 spiro atoms. The molecule has 1 aliphatic rings. The number of aliphatic imine (C=N–C) groups is 1. The predicted octanol–water partition coefficient (Wildman–Crippen LogP) is 4.16. The van der Waals surface area contributed by atoms with E-state index in [2.05, 4.69) is 9.98 Å². The maximum absolute atomic E-state index is 12.6. The fourth-order valence-electron chi connectivity index (χ4n) is 3.37. The van der Waals surface area contributed by atoms with Crippen molar-refractivity contribution in [1.82, 2.24) is 9.55 Å². The summed E-state index contributed by atoms with van der Waals surface area (Å²) in [6.07, 6.45) is 1.45. The lowest BCUT2D eigenvalue weighted by Crippen LogP contribution is -2.16. The second kappa shape index (κ2) is 7.65. The van der Waals surface area contributed by atoms with Gasteiger partial charge in [-0.3, -0.25) is 29.5 Å². The molecular formula is C21H16N4O5S. The lowest BCUT2D eigenvalue weighted by atomic mass is 10.0. The number of aromatic hydroxyl groups is 1. The highest BCUT2D eigenvalue weighted by Crippen LogP contribution is 2.38. The number of aromatic nitrogens is 2. The van der Waals surface area contributed by atoms with E-state index in [-0.39, 0.29) is 21.9 Å². The number of allylic oxidation sites excluding steroid dienone is 1. The van der Waals surface area contributed by atoms with Gasteiger partial charge >= 0.3 is 0 Å². The number of nitro groups is 1. The fraction of sp³-hybridized carbons (Fsp3) is 0.0952. The second-order valence-corrected chi connectivity index (χ2v) is 7.13. The zero-order valence-corrected chi connectivity index (χ0v) is 17.3. The molecule has 0 aliphatic carbocycles. The molecule has 2 aromatic carbocycles. The molecule has 9 nitrogen and oxygen atoms in total. The number of fused-ring (bicyclic) bond motifs is 1. The highest BCUT2D eigenvalue weighted by atomic mass is 32.1. The number of nitrogens with one attached hydrogen (secondary N) is 1. The van der Waals surface area contributed by atoms with Crippen molar-refractivity contribution in [1.29, 1.82) is 0 Å². The first kappa shape index (κ1) is 20.2. The van der Waals surface area contributed by atoms with Crippen LogP contribution in [0.1, 0.15) is 18.1 Å². The van der Waals surface area contributed by atoms with E-state index in [4.69, 9.17) is 17.0 Å². The molecule has 0 atom stereocenters. The first-order chi connectivity index (χ1) is 14.8. The van der Waals surface area contributed by atoms with Crippen LogP contribution in [0, 0.1) is 14.9 Å². The minimum Gasteiger partial charge on any atom is -0.497 e. The smallest absolute Gasteiger partial charge is 0.270 e. The number of hydrogen-bond donors (Lipinski definition) is 2. The Morgan fingerprint density at radius 2 is 2.06 bits per heavy atom. The summed E-state index contributed by atoms with van der Waals surface area (Å²) in [5.41, 5.74) is 1.84. The summed E-state index contributed by atoms with van der Waals surface area (Å²) in [5, 5.41) is 22.1. The quantitative estimate of drug-likeness (QED) is 0.360. The number of non-ortho nitro benzene ring substituents is 1. The van der Waals surface area contributed by atoms with E-state index in [1.54, 1.807) is 37.3 Å². The highest BCUT2D eigenvalue weighted by Gasteiger charge is 2.23. The van der Waals surface area contributed by atoms with Crippen molar-refractivity contribution in [3.05, 3.63) is 78.8 Å². The van der Waals surface area contributed by atoms with Crippen LogP contribution in [-0.2, 0) is 0 Å². The van der Waals surface area contributed by atoms with Crippen LogP contribution in [0.3, 0.4) is 0 Å². The number of aromatic amines is 1. The molecule has 2 heterocycles. The molecule has 1 aromatic heterocycles. The van der Waals surface area contributed by atoms with E-state index < -0.39 is 10.5 Å². The number of methoxy groups -OCH3 is 1. The molecule has 4 rings (SSSR count). The van der Waals surface area contributed by atoms with E-state index in [1.807, 2.05) is 0 Å². The topological polar surface area (TPSA) is 123 Å². The van der Waals surface area contributed by atoms with Gasteiger partial charge in [0.25, 0.3) is 11.2 Å². The van der Waals surface area contributed by atoms with Crippen molar-refractivity contribution >= 4 is 41.0 Å². The second-order valence-electron chi connectivity index (χ2n) is 6.75. The summed E-state index contributed by atoms with van der Waals surface area (Å²) in [6, 6.07) is 11.1. The van der Waals surface area contributed by atoms with Gasteiger partial charge in [0.1, 0.15) is 11.3 Å². The number of hydrogen-bond acceptors (Lipinski definition) is 7. The number of H-pyrrole nitrogens is 1. The summed E-state index contributed by atoms with van der Waals surface area (Å²) < 4.78 is 6.53. The molecule has 0 fully saturated rings. The number of ether oxygens (including phenoxy) is 1. The SMILES string of the molecule is COc1cccc(-n2c(O)c(/C=C3\C(C)=Nc4ccc([N+](=O)[O-])cc43)c(=O)[nH]c2=S)c1. The zero-order valence-electron chi connectivity index (χ0n) is 16.4. The molecule has 0 amide bonds. The van der Waals surface area contributed by atoms with Gasteiger partial charge in [0.2, 0.25) is 5.88 Å². The van der Waals surface area contributed by atoms with Crippen LogP contribution in [0.15, 0.2) is 52.3 Å². The van der Waals surface area contributed by atoms with Crippen LogP contribution in [-0.4, -0.2) is 32.4 Å². The molecule has 0 saturated heterocycles. The standard InChI is InChI=1S/C21H16N4O5S/c1-11-15(16-9-13(25(28)29)6-7-18(16)22-11)10-17-19(26)23-21(31)24(20(17)27)12-4-3-5-14(8-12)30-2/h3-10,27H,1-2H3,(H,23,26,31)/b15-10+. The van der Waals surface area contributed by atoms with Crippen molar-refractivity contribution in [2.75, 3.05) is 7.11 Å². The monoisotopic (exact) mass is 436 g/mol. The van der Waals surface area contributed by atoms with Gasteiger partial charge in [0.15, 0.2) is 4.77 Å². The van der Waals surface area contributed by atoms with Gasteiger partial charge in [-0.15, -0.1) is 0 Å². The van der Waals surface area contributed by atoms with Crippen LogP contribution < -0.4 is 10.3 Å². The van der Waals surface area contributed by atoms with Crippen molar-refractivity contribution in [2.45, 2.75) is 6.92 Å². The third-order valence-corrected chi connectivity index (χ3v) is 5.16. The van der Waals surface area contributed by atoms with E-state index >= 15 is 0 Å². The Hall–Kier alpha value is -4.05. The molecule has 0 unspecified atom stereocenters. The van der Waals surface area contributed by atoms with Gasteiger partial charge < -0.3 is 9.84 Å². The first-order valence-corrected chi connectivity index (χ1v) is 9.50. The summed E-state index contributed by atoms with van der Waals surface area (Å²) in [4.78, 5) is 30.3. The van der Waals surface area contributed by atoms with E-state index in [0.29, 0.717) is 34.0 Å². The van der Waals surface area contributed by atoms with Crippen LogP contribution >= 0.6 is 12.2 Å². The van der Waals surface area contributed by atoms with Crippen molar-refractivity contribution in [3.8, 4) is 17.3 Å². The Labute approximate surface area is 180 Å². The zero-order chi connectivity index (χ0) is 22.3. The normalized spacial score (nSPS) is 13.7. The maximum atomic E-state index is 12.6. The predicted molar refractivity (Wildman–Crippen MR) is 119 cm³/mol. The van der Waals surface area contributed by atoms with Gasteiger partial charge in [-0.25, -0.2) is 0 Å². The van der Waals surface area contributed by atoms with E-state index in [1.165, 1.54) is 29.9 Å². The molecule has 0 bridgehead atoms. The average molecular weight is 436 g/mol. The van der Waals surface area contributed by atoms with Crippen LogP contribution in [0.5, 0.6) is 11.6 Å². The third kappa shape index (κ3) is 3.53. The van der Waals surface area contributed by atoms with Crippen molar-refractivity contribution < 1.29 is 14.8 Å². The van der Waals surface area contributed by atoms with Crippen LogP contribution in [0.4, 0.5) is 11.4 Å². The Kier molecular flexibility index (Phi) is 4.99. The minimum atomic E-state index is -0.596. The van der Waals surface area contributed by atoms with Crippen molar-refractivity contribution in [2.24, 2.45) is 4.99 Å². The Morgan fingerprint density at radius 1 is 1.29 bits per heavy atom. The summed E-state index contributed by atoms with van der Waals surface area (Å²) in [6.45, 7) is 1.72. The molecular weight excluding hydrogens is 420 g/mol. The molecule has 0 saturated carbocycles. The average Bonchev–Trinajstić information content (AvgIpc) is 3.05. The molecule has 31 heavy (non-hydrogen) atoms. The molecule has 10 heteroatoms. The lowest BCUT2D eigenvalue weighted by molar-refractivity contribution is -0.384. The van der Waals surface area contributed by atoms with Crippen molar-refractivity contribution in [3.63, 3.8) is 0 Å². The largest absolute Gasteiger partial charge is 0.497 e. The lowest BCUT2D eigenvalue weighted by Gasteiger charge is -2.13. The van der Waals surface area contributed by atoms with Gasteiger partial charge in [-0.1, -0.05) is 6.07 Å². The highest BCUT2D eigenvalue weighted by molar-refractivity contribution is 7.71. The van der Waals surface area contributed by atoms with Gasteiger partial charge in [-0.2, -0.15) is 0 Å². The Morgan fingerprint density at radius 3 is 2.77 bits per heavy atom. The molecule has 2 N–H and O–H groups in total.